The number of esters is 1. The van der Waals surface area contributed by atoms with Gasteiger partial charge in [-0.25, -0.2) is 4.79 Å². The number of benzene rings is 1. The highest BCUT2D eigenvalue weighted by atomic mass is 16.5. The maximum absolute atomic E-state index is 12.1. The molecule has 0 unspecified atom stereocenters. The van der Waals surface area contributed by atoms with Crippen LogP contribution in [0.2, 0.25) is 0 Å². The largest absolute Gasteiger partial charge is 0.489 e. The Morgan fingerprint density at radius 3 is 2.52 bits per heavy atom. The van der Waals surface area contributed by atoms with Crippen LogP contribution in [0, 0.1) is 19.8 Å². The molecule has 0 aliphatic heterocycles. The van der Waals surface area contributed by atoms with E-state index in [0.29, 0.717) is 30.4 Å². The molecule has 1 aliphatic carbocycles. The van der Waals surface area contributed by atoms with Crippen LogP contribution in [0.1, 0.15) is 59.5 Å². The Morgan fingerprint density at radius 2 is 1.86 bits per heavy atom. The summed E-state index contributed by atoms with van der Waals surface area (Å²) in [5, 5.41) is 6.75. The molecule has 1 aliphatic rings. The fourth-order valence-electron chi connectivity index (χ4n) is 3.47. The molecule has 2 aromatic rings. The minimum absolute atomic E-state index is 0.261. The number of ether oxygens (including phenoxy) is 2. The normalized spacial score (nSPS) is 14.4. The topological polar surface area (TPSA) is 90.7 Å². The molecule has 1 aromatic carbocycles. The first-order valence-corrected chi connectivity index (χ1v) is 10.1. The highest BCUT2D eigenvalue weighted by Crippen LogP contribution is 2.22. The van der Waals surface area contributed by atoms with Crippen molar-refractivity contribution in [2.24, 2.45) is 5.92 Å². The monoisotopic (exact) mass is 400 g/mol. The van der Waals surface area contributed by atoms with E-state index in [1.54, 1.807) is 24.3 Å². The molecular weight excluding hydrogens is 372 g/mol. The van der Waals surface area contributed by atoms with Gasteiger partial charge in [0.15, 0.2) is 6.61 Å². The van der Waals surface area contributed by atoms with Crippen LogP contribution in [0.5, 0.6) is 5.75 Å². The third-order valence-electron chi connectivity index (χ3n) is 5.30. The van der Waals surface area contributed by atoms with E-state index in [2.05, 4.69) is 10.5 Å². The lowest BCUT2D eigenvalue weighted by Gasteiger charge is -2.21. The number of carbonyl (C=O) groups excluding carboxylic acids is 2. The first kappa shape index (κ1) is 20.9. The Morgan fingerprint density at radius 1 is 1.14 bits per heavy atom. The van der Waals surface area contributed by atoms with Gasteiger partial charge in [-0.1, -0.05) is 24.4 Å². The van der Waals surface area contributed by atoms with E-state index < -0.39 is 5.97 Å². The second-order valence-electron chi connectivity index (χ2n) is 7.50. The van der Waals surface area contributed by atoms with Gasteiger partial charge in [-0.05, 0) is 56.9 Å². The maximum Gasteiger partial charge on any atom is 0.338 e. The first-order chi connectivity index (χ1) is 14.0. The molecule has 1 aromatic heterocycles. The molecule has 7 nitrogen and oxygen atoms in total. The third kappa shape index (κ3) is 6.07. The van der Waals surface area contributed by atoms with Crippen molar-refractivity contribution in [3.63, 3.8) is 0 Å². The predicted molar refractivity (Wildman–Crippen MR) is 107 cm³/mol. The van der Waals surface area contributed by atoms with E-state index in [1.165, 1.54) is 19.3 Å². The summed E-state index contributed by atoms with van der Waals surface area (Å²) in [4.78, 5) is 24.0. The van der Waals surface area contributed by atoms with E-state index in [4.69, 9.17) is 14.0 Å². The fourth-order valence-corrected chi connectivity index (χ4v) is 3.47. The van der Waals surface area contributed by atoms with Gasteiger partial charge in [-0.2, -0.15) is 0 Å². The number of rotatable bonds is 8. The summed E-state index contributed by atoms with van der Waals surface area (Å²) in [7, 11) is 0. The average molecular weight is 400 g/mol. The lowest BCUT2D eigenvalue weighted by molar-refractivity contribution is -0.124. The van der Waals surface area contributed by atoms with Crippen LogP contribution in [-0.2, 0) is 16.1 Å². The molecule has 1 amide bonds. The quantitative estimate of drug-likeness (QED) is 0.679. The maximum atomic E-state index is 12.1. The summed E-state index contributed by atoms with van der Waals surface area (Å²) in [6, 6.07) is 6.62. The lowest BCUT2D eigenvalue weighted by Crippen LogP contribution is -2.33. The summed E-state index contributed by atoms with van der Waals surface area (Å²) in [5.41, 5.74) is 2.08. The Kier molecular flexibility index (Phi) is 7.27. The second-order valence-corrected chi connectivity index (χ2v) is 7.50. The summed E-state index contributed by atoms with van der Waals surface area (Å²) >= 11 is 0. The van der Waals surface area contributed by atoms with Crippen molar-refractivity contribution in [1.82, 2.24) is 10.5 Å². The van der Waals surface area contributed by atoms with Crippen LogP contribution >= 0.6 is 0 Å². The van der Waals surface area contributed by atoms with Gasteiger partial charge in [-0.15, -0.1) is 0 Å². The lowest BCUT2D eigenvalue weighted by atomic mass is 9.89. The number of nitrogens with one attached hydrogen (secondary N) is 1. The van der Waals surface area contributed by atoms with Crippen molar-refractivity contribution in [1.29, 1.82) is 0 Å². The predicted octanol–water partition coefficient (Wildman–Crippen LogP) is 3.72. The van der Waals surface area contributed by atoms with Gasteiger partial charge in [-0.3, -0.25) is 4.79 Å². The van der Waals surface area contributed by atoms with Gasteiger partial charge in [0.2, 0.25) is 0 Å². The van der Waals surface area contributed by atoms with Crippen molar-refractivity contribution in [3.8, 4) is 5.75 Å². The van der Waals surface area contributed by atoms with E-state index in [-0.39, 0.29) is 12.5 Å². The third-order valence-corrected chi connectivity index (χ3v) is 5.30. The van der Waals surface area contributed by atoms with Gasteiger partial charge in [0.25, 0.3) is 5.91 Å². The van der Waals surface area contributed by atoms with Crippen molar-refractivity contribution in [2.75, 3.05) is 13.2 Å². The van der Waals surface area contributed by atoms with Crippen molar-refractivity contribution < 1.29 is 23.6 Å². The molecule has 1 heterocycles. The summed E-state index contributed by atoms with van der Waals surface area (Å²) in [6.07, 6.45) is 6.06. The van der Waals surface area contributed by atoms with Crippen LogP contribution in [0.25, 0.3) is 0 Å². The number of nitrogens with zero attached hydrogens (tertiary/aromatic N) is 1. The zero-order chi connectivity index (χ0) is 20.6. The molecule has 0 atom stereocenters. The molecule has 1 N–H and O–H groups in total. The van der Waals surface area contributed by atoms with Gasteiger partial charge in [0.1, 0.15) is 18.1 Å². The summed E-state index contributed by atoms with van der Waals surface area (Å²) in [6.45, 7) is 4.43. The summed E-state index contributed by atoms with van der Waals surface area (Å²) < 4.78 is 15.9. The van der Waals surface area contributed by atoms with Crippen LogP contribution in [0.3, 0.4) is 0 Å². The zero-order valence-electron chi connectivity index (χ0n) is 17.0. The van der Waals surface area contributed by atoms with Crippen LogP contribution in [-0.4, -0.2) is 30.2 Å². The Hall–Kier alpha value is -2.83. The highest BCUT2D eigenvalue weighted by molar-refractivity contribution is 5.91. The highest BCUT2D eigenvalue weighted by Gasteiger charge is 2.16. The summed E-state index contributed by atoms with van der Waals surface area (Å²) in [5.74, 6) is 1.09. The average Bonchev–Trinajstić information content (AvgIpc) is 3.07. The van der Waals surface area contributed by atoms with E-state index in [0.717, 1.165) is 29.9 Å². The minimum Gasteiger partial charge on any atom is -0.489 e. The molecule has 0 saturated heterocycles. The van der Waals surface area contributed by atoms with Crippen molar-refractivity contribution in [2.45, 2.75) is 52.6 Å². The molecule has 156 valence electrons. The van der Waals surface area contributed by atoms with Crippen LogP contribution < -0.4 is 10.1 Å². The number of hydrogen-bond acceptors (Lipinski definition) is 6. The molecule has 1 saturated carbocycles. The van der Waals surface area contributed by atoms with E-state index in [9.17, 15) is 9.59 Å². The van der Waals surface area contributed by atoms with Gasteiger partial charge in [0.05, 0.1) is 16.8 Å². The Balaban J connectivity index is 1.40. The minimum atomic E-state index is -0.532. The molecule has 1 fully saturated rings. The smallest absolute Gasteiger partial charge is 0.338 e. The van der Waals surface area contributed by atoms with Gasteiger partial charge >= 0.3 is 5.97 Å². The van der Waals surface area contributed by atoms with Crippen molar-refractivity contribution in [3.05, 3.63) is 46.8 Å². The number of aromatic nitrogens is 1. The number of amides is 1. The number of carbonyl (C=O) groups is 2. The van der Waals surface area contributed by atoms with Gasteiger partial charge < -0.3 is 19.3 Å². The van der Waals surface area contributed by atoms with Gasteiger partial charge in [0, 0.05) is 6.54 Å². The Labute approximate surface area is 170 Å². The standard InChI is InChI=1S/C22H28N2O5/c1-15-20(16(2)29-24-15)13-27-19-10-8-18(9-11-19)22(26)28-14-21(25)23-12-17-6-4-3-5-7-17/h8-11,17H,3-7,12-14H2,1-2H3,(H,23,25). The second kappa shape index (κ2) is 10.1. The molecule has 0 spiro atoms. The molecule has 0 radical (unpaired) electrons. The fraction of sp³-hybridized carbons (Fsp3) is 0.500. The Bertz CT molecular complexity index is 803. The molecule has 0 bridgehead atoms. The SMILES string of the molecule is Cc1noc(C)c1COc1ccc(C(=O)OCC(=O)NCC2CCCCC2)cc1. The zero-order valence-corrected chi connectivity index (χ0v) is 17.0. The number of aryl methyl sites for hydroxylation is 2. The van der Waals surface area contributed by atoms with E-state index in [1.807, 2.05) is 13.8 Å². The van der Waals surface area contributed by atoms with Crippen LogP contribution in [0.15, 0.2) is 28.8 Å². The first-order valence-electron chi connectivity index (χ1n) is 10.1. The number of hydrogen-bond donors (Lipinski definition) is 1. The van der Waals surface area contributed by atoms with Crippen molar-refractivity contribution >= 4 is 11.9 Å². The molecular formula is C22H28N2O5. The molecule has 3 rings (SSSR count). The van der Waals surface area contributed by atoms with E-state index >= 15 is 0 Å². The molecule has 7 heteroatoms. The molecule has 29 heavy (non-hydrogen) atoms. The van der Waals surface area contributed by atoms with Crippen LogP contribution in [0.4, 0.5) is 0 Å².